The number of carbonyl (C=O) groups excluding carboxylic acids is 1. The molecule has 1 aromatic heterocycles. The minimum atomic E-state index is -4.53. The molecule has 2 amide bonds. The van der Waals surface area contributed by atoms with Crippen molar-refractivity contribution in [3.05, 3.63) is 95.2 Å². The van der Waals surface area contributed by atoms with Crippen LogP contribution in [0.2, 0.25) is 0 Å². The molecule has 0 bridgehead atoms. The normalized spacial score (nSPS) is 11.2. The number of rotatable bonds is 4. The predicted molar refractivity (Wildman–Crippen MR) is 114 cm³/mol. The van der Waals surface area contributed by atoms with Crippen LogP contribution in [0.5, 0.6) is 0 Å². The fraction of sp³-hybridized carbons (Fsp3) is 0.0455. The van der Waals surface area contributed by atoms with Gasteiger partial charge < -0.3 is 10.6 Å². The number of alkyl halides is 3. The van der Waals surface area contributed by atoms with E-state index < -0.39 is 23.5 Å². The third kappa shape index (κ3) is 4.69. The van der Waals surface area contributed by atoms with E-state index in [1.54, 1.807) is 18.2 Å². The van der Waals surface area contributed by atoms with E-state index in [1.165, 1.54) is 23.1 Å². The lowest BCUT2D eigenvalue weighted by Crippen LogP contribution is -2.21. The van der Waals surface area contributed by atoms with Crippen molar-refractivity contribution in [2.24, 2.45) is 0 Å². The summed E-state index contributed by atoms with van der Waals surface area (Å²) in [7, 11) is 0. The number of amides is 2. The van der Waals surface area contributed by atoms with E-state index in [4.69, 9.17) is 0 Å². The summed E-state index contributed by atoms with van der Waals surface area (Å²) in [6.45, 7) is 0. The van der Waals surface area contributed by atoms with E-state index in [0.717, 1.165) is 23.3 Å². The molecule has 0 atom stereocenters. The van der Waals surface area contributed by atoms with E-state index in [2.05, 4.69) is 20.7 Å². The number of H-pyrrole nitrogens is 1. The van der Waals surface area contributed by atoms with Crippen molar-refractivity contribution in [1.29, 1.82) is 0 Å². The van der Waals surface area contributed by atoms with Gasteiger partial charge in [0.05, 0.1) is 16.9 Å². The molecule has 7 nitrogen and oxygen atoms in total. The molecule has 0 aliphatic carbocycles. The zero-order chi connectivity index (χ0) is 22.7. The number of carbonyl (C=O) groups is 1. The van der Waals surface area contributed by atoms with Gasteiger partial charge in [0.15, 0.2) is 0 Å². The van der Waals surface area contributed by atoms with Gasteiger partial charge in [-0.2, -0.15) is 18.2 Å². The number of nitrogens with zero attached hydrogens (tertiary/aromatic N) is 2. The summed E-state index contributed by atoms with van der Waals surface area (Å²) in [6.07, 6.45) is -3.27. The Balaban J connectivity index is 1.65. The van der Waals surface area contributed by atoms with E-state index >= 15 is 0 Å². The number of halogens is 3. The average Bonchev–Trinajstić information content (AvgIpc) is 3.20. The van der Waals surface area contributed by atoms with Gasteiger partial charge >= 0.3 is 17.9 Å². The average molecular weight is 439 g/mol. The van der Waals surface area contributed by atoms with Gasteiger partial charge in [-0.3, -0.25) is 0 Å². The lowest BCUT2D eigenvalue weighted by atomic mass is 10.0. The van der Waals surface area contributed by atoms with E-state index in [1.807, 2.05) is 30.3 Å². The Morgan fingerprint density at radius 1 is 0.906 bits per heavy atom. The summed E-state index contributed by atoms with van der Waals surface area (Å²) >= 11 is 0. The number of urea groups is 1. The number of aromatic amines is 1. The number of hydrogen-bond donors (Lipinski definition) is 3. The first kappa shape index (κ1) is 20.9. The van der Waals surface area contributed by atoms with Gasteiger partial charge in [0, 0.05) is 5.69 Å². The number of benzene rings is 3. The zero-order valence-corrected chi connectivity index (χ0v) is 16.4. The third-order valence-corrected chi connectivity index (χ3v) is 4.57. The molecule has 0 fully saturated rings. The molecular formula is C22H16F3N5O2. The van der Waals surface area contributed by atoms with Crippen molar-refractivity contribution in [2.45, 2.75) is 6.18 Å². The first-order valence-corrected chi connectivity index (χ1v) is 9.38. The van der Waals surface area contributed by atoms with Gasteiger partial charge in [-0.25, -0.2) is 19.4 Å². The summed E-state index contributed by atoms with van der Waals surface area (Å²) in [6, 6.07) is 18.1. The third-order valence-electron chi connectivity index (χ3n) is 4.57. The van der Waals surface area contributed by atoms with Crippen LogP contribution in [-0.4, -0.2) is 20.8 Å². The number of hydrogen-bond acceptors (Lipinski definition) is 3. The van der Waals surface area contributed by atoms with Crippen LogP contribution in [0, 0.1) is 0 Å². The second-order valence-electron chi connectivity index (χ2n) is 6.79. The van der Waals surface area contributed by atoms with E-state index in [9.17, 15) is 22.8 Å². The molecule has 4 rings (SSSR count). The molecule has 10 heteroatoms. The zero-order valence-electron chi connectivity index (χ0n) is 16.4. The maximum atomic E-state index is 12.9. The molecule has 3 N–H and O–H groups in total. The van der Waals surface area contributed by atoms with Crippen molar-refractivity contribution >= 4 is 17.4 Å². The highest BCUT2D eigenvalue weighted by atomic mass is 19.4. The lowest BCUT2D eigenvalue weighted by Gasteiger charge is -2.15. The number of nitrogens with one attached hydrogen (secondary N) is 3. The van der Waals surface area contributed by atoms with Crippen molar-refractivity contribution in [3.8, 4) is 16.8 Å². The van der Waals surface area contributed by atoms with Crippen molar-refractivity contribution < 1.29 is 18.0 Å². The molecule has 0 radical (unpaired) electrons. The standard InChI is InChI=1S/C22H16F3N5O2/c23-22(24,25)16-7-4-8-17(12-16)27-21(32)28-18-11-15(14-5-2-1-3-6-14)9-10-19(18)30-13-26-20(31)29-30/h1-13H,(H,29,31)(H2,27,28,32). The summed E-state index contributed by atoms with van der Waals surface area (Å²) < 4.78 is 40.1. The van der Waals surface area contributed by atoms with Crippen molar-refractivity contribution in [1.82, 2.24) is 14.8 Å². The Morgan fingerprint density at radius 2 is 1.69 bits per heavy atom. The molecule has 4 aromatic rings. The van der Waals surface area contributed by atoms with Crippen molar-refractivity contribution in [3.63, 3.8) is 0 Å². The monoisotopic (exact) mass is 439 g/mol. The topological polar surface area (TPSA) is 91.8 Å². The highest BCUT2D eigenvalue weighted by Crippen LogP contribution is 2.31. The molecule has 3 aromatic carbocycles. The first-order valence-electron chi connectivity index (χ1n) is 9.38. The van der Waals surface area contributed by atoms with Gasteiger partial charge in [-0.05, 0) is 41.5 Å². The summed E-state index contributed by atoms with van der Waals surface area (Å²) in [5.74, 6) is 0. The van der Waals surface area contributed by atoms with Gasteiger partial charge in [0.2, 0.25) is 0 Å². The predicted octanol–water partition coefficient (Wildman–Crippen LogP) is 4.89. The SMILES string of the molecule is O=C(Nc1cccc(C(F)(F)F)c1)Nc1cc(-c2ccccc2)ccc1-n1cnc(=O)[nH]1. The smallest absolute Gasteiger partial charge is 0.308 e. The van der Waals surface area contributed by atoms with Crippen molar-refractivity contribution in [2.75, 3.05) is 10.6 Å². The molecule has 32 heavy (non-hydrogen) atoms. The van der Waals surface area contributed by atoms with Crippen LogP contribution in [0.4, 0.5) is 29.3 Å². The van der Waals surface area contributed by atoms with Gasteiger partial charge in [0.25, 0.3) is 0 Å². The Hall–Kier alpha value is -4.34. The van der Waals surface area contributed by atoms with Crippen LogP contribution in [0.25, 0.3) is 16.8 Å². The van der Waals surface area contributed by atoms with Crippen LogP contribution >= 0.6 is 0 Å². The molecule has 0 unspecified atom stereocenters. The van der Waals surface area contributed by atoms with Crippen LogP contribution in [0.1, 0.15) is 5.56 Å². The largest absolute Gasteiger partial charge is 0.416 e. The Morgan fingerprint density at radius 3 is 2.38 bits per heavy atom. The molecule has 0 spiro atoms. The van der Waals surface area contributed by atoms with Gasteiger partial charge in [0.1, 0.15) is 6.33 Å². The molecule has 0 aliphatic heterocycles. The summed E-state index contributed by atoms with van der Waals surface area (Å²) in [5.41, 5.74) is 0.928. The molecular weight excluding hydrogens is 423 g/mol. The minimum absolute atomic E-state index is 0.0193. The van der Waals surface area contributed by atoms with Gasteiger partial charge in [-0.1, -0.05) is 42.5 Å². The molecule has 0 saturated carbocycles. The highest BCUT2D eigenvalue weighted by molar-refractivity contribution is 6.01. The number of aromatic nitrogens is 3. The van der Waals surface area contributed by atoms with Crippen LogP contribution in [0.15, 0.2) is 83.9 Å². The molecule has 0 saturated heterocycles. The quantitative estimate of drug-likeness (QED) is 0.423. The van der Waals surface area contributed by atoms with Gasteiger partial charge in [-0.15, -0.1) is 0 Å². The molecule has 0 aliphatic rings. The van der Waals surface area contributed by atoms with Crippen LogP contribution in [-0.2, 0) is 6.18 Å². The summed E-state index contributed by atoms with van der Waals surface area (Å²) in [4.78, 5) is 27.7. The Kier molecular flexibility index (Phi) is 5.50. The van der Waals surface area contributed by atoms with E-state index in [0.29, 0.717) is 11.4 Å². The second-order valence-corrected chi connectivity index (χ2v) is 6.79. The van der Waals surface area contributed by atoms with E-state index in [-0.39, 0.29) is 5.69 Å². The van der Waals surface area contributed by atoms with Crippen LogP contribution < -0.4 is 16.3 Å². The molecule has 1 heterocycles. The fourth-order valence-electron chi connectivity index (χ4n) is 3.11. The fourth-order valence-corrected chi connectivity index (χ4v) is 3.11. The highest BCUT2D eigenvalue weighted by Gasteiger charge is 2.30. The minimum Gasteiger partial charge on any atom is -0.308 e. The maximum Gasteiger partial charge on any atom is 0.416 e. The summed E-state index contributed by atoms with van der Waals surface area (Å²) in [5, 5.41) is 7.52. The first-order chi connectivity index (χ1) is 15.3. The van der Waals surface area contributed by atoms with Crippen LogP contribution in [0.3, 0.4) is 0 Å². The lowest BCUT2D eigenvalue weighted by molar-refractivity contribution is -0.137. The Bertz CT molecular complexity index is 1310. The Labute approximate surface area is 179 Å². The number of anilines is 2. The second kappa shape index (κ2) is 8.42. The maximum absolute atomic E-state index is 12.9. The molecule has 162 valence electrons.